The molecule has 0 radical (unpaired) electrons. The Balaban J connectivity index is 0.00000132. The smallest absolute Gasteiger partial charge is 0.263 e. The monoisotopic (exact) mass is 326 g/mol. The number of nitrogens with zero attached hydrogens (tertiary/aromatic N) is 1. The lowest BCUT2D eigenvalue weighted by atomic mass is 9.92. The van der Waals surface area contributed by atoms with E-state index in [0.717, 1.165) is 42.9 Å². The molecule has 3 nitrogen and oxygen atoms in total. The number of carbonyl (C=O) groups excluding carboxylic acids is 1. The minimum Gasteiger partial charge on any atom is -0.338 e. The van der Waals surface area contributed by atoms with E-state index in [0.29, 0.717) is 0 Å². The van der Waals surface area contributed by atoms with Crippen LogP contribution in [0.2, 0.25) is 0 Å². The number of amides is 1. The Kier molecular flexibility index (Phi) is 4.57. The molecular formula is C16H23ClN2OS. The molecule has 2 aliphatic heterocycles. The predicted molar refractivity (Wildman–Crippen MR) is 88.6 cm³/mol. The van der Waals surface area contributed by atoms with Crippen LogP contribution in [0.4, 0.5) is 0 Å². The highest BCUT2D eigenvalue weighted by atomic mass is 35.5. The van der Waals surface area contributed by atoms with Gasteiger partial charge in [0.2, 0.25) is 0 Å². The molecule has 2 atom stereocenters. The van der Waals surface area contributed by atoms with Crippen molar-refractivity contribution in [1.29, 1.82) is 0 Å². The van der Waals surface area contributed by atoms with Crippen molar-refractivity contribution in [2.75, 3.05) is 26.2 Å². The summed E-state index contributed by atoms with van der Waals surface area (Å²) in [6.07, 6.45) is 5.98. The molecule has 1 aliphatic carbocycles. The Labute approximate surface area is 136 Å². The van der Waals surface area contributed by atoms with Crippen LogP contribution in [0, 0.1) is 11.8 Å². The van der Waals surface area contributed by atoms with Gasteiger partial charge in [-0.2, -0.15) is 0 Å². The van der Waals surface area contributed by atoms with Crippen molar-refractivity contribution in [3.8, 4) is 0 Å². The second-order valence-electron chi connectivity index (χ2n) is 6.46. The van der Waals surface area contributed by atoms with Crippen molar-refractivity contribution in [2.24, 2.45) is 11.8 Å². The van der Waals surface area contributed by atoms with Crippen molar-refractivity contribution in [1.82, 2.24) is 10.2 Å². The highest BCUT2D eigenvalue weighted by Crippen LogP contribution is 2.32. The molecule has 0 unspecified atom stereocenters. The Bertz CT molecular complexity index is 495. The first kappa shape index (κ1) is 15.3. The molecule has 0 saturated carbocycles. The van der Waals surface area contributed by atoms with Crippen LogP contribution >= 0.6 is 23.7 Å². The molecule has 3 aliphatic rings. The molecule has 0 spiro atoms. The third-order valence-corrected chi connectivity index (χ3v) is 6.49. The molecule has 0 aromatic carbocycles. The second-order valence-corrected chi connectivity index (χ2v) is 7.60. The van der Waals surface area contributed by atoms with Gasteiger partial charge in [-0.05, 0) is 68.7 Å². The van der Waals surface area contributed by atoms with Crippen LogP contribution in [-0.4, -0.2) is 37.0 Å². The van der Waals surface area contributed by atoms with Crippen LogP contribution < -0.4 is 5.32 Å². The molecule has 5 heteroatoms. The number of fused-ring (bicyclic) bond motifs is 2. The van der Waals surface area contributed by atoms with Gasteiger partial charge in [-0.1, -0.05) is 0 Å². The lowest BCUT2D eigenvalue weighted by Crippen LogP contribution is -2.32. The van der Waals surface area contributed by atoms with Gasteiger partial charge in [0.1, 0.15) is 0 Å². The first-order valence-corrected chi connectivity index (χ1v) is 8.74. The average Bonchev–Trinajstić information content (AvgIpc) is 3.11. The summed E-state index contributed by atoms with van der Waals surface area (Å²) < 4.78 is 0. The molecule has 21 heavy (non-hydrogen) atoms. The minimum absolute atomic E-state index is 0. The fourth-order valence-corrected chi connectivity index (χ4v) is 5.23. The van der Waals surface area contributed by atoms with E-state index >= 15 is 0 Å². The van der Waals surface area contributed by atoms with Gasteiger partial charge < -0.3 is 10.2 Å². The van der Waals surface area contributed by atoms with E-state index in [1.165, 1.54) is 42.5 Å². The van der Waals surface area contributed by atoms with Crippen LogP contribution in [0.1, 0.15) is 39.4 Å². The van der Waals surface area contributed by atoms with Gasteiger partial charge in [0.05, 0.1) is 4.88 Å². The first-order valence-electron chi connectivity index (χ1n) is 7.93. The summed E-state index contributed by atoms with van der Waals surface area (Å²) in [6, 6.07) is 2.17. The van der Waals surface area contributed by atoms with Gasteiger partial charge in [-0.3, -0.25) is 4.79 Å². The van der Waals surface area contributed by atoms with Crippen LogP contribution in [0.3, 0.4) is 0 Å². The van der Waals surface area contributed by atoms with Crippen LogP contribution in [0.15, 0.2) is 6.07 Å². The Morgan fingerprint density at radius 2 is 1.90 bits per heavy atom. The molecule has 1 N–H and O–H groups in total. The normalized spacial score (nSPS) is 27.7. The number of aryl methyl sites for hydroxylation is 2. The van der Waals surface area contributed by atoms with Gasteiger partial charge >= 0.3 is 0 Å². The van der Waals surface area contributed by atoms with Crippen LogP contribution in [-0.2, 0) is 12.8 Å². The zero-order chi connectivity index (χ0) is 13.5. The van der Waals surface area contributed by atoms with Crippen molar-refractivity contribution < 1.29 is 4.79 Å². The topological polar surface area (TPSA) is 32.3 Å². The average molecular weight is 327 g/mol. The van der Waals surface area contributed by atoms with Gasteiger partial charge in [0.25, 0.3) is 5.91 Å². The largest absolute Gasteiger partial charge is 0.338 e. The third-order valence-electron chi connectivity index (χ3n) is 5.26. The number of nitrogens with one attached hydrogen (secondary N) is 1. The summed E-state index contributed by atoms with van der Waals surface area (Å²) in [5.74, 6) is 1.87. The second kappa shape index (κ2) is 6.27. The number of rotatable bonds is 1. The van der Waals surface area contributed by atoms with E-state index in [-0.39, 0.29) is 18.3 Å². The number of thiophene rings is 1. The van der Waals surface area contributed by atoms with E-state index in [2.05, 4.69) is 16.3 Å². The van der Waals surface area contributed by atoms with Gasteiger partial charge in [-0.15, -0.1) is 23.7 Å². The van der Waals surface area contributed by atoms with E-state index in [1.54, 1.807) is 11.3 Å². The molecular weight excluding hydrogens is 304 g/mol. The lowest BCUT2D eigenvalue weighted by Gasteiger charge is -2.20. The van der Waals surface area contributed by atoms with Crippen molar-refractivity contribution >= 4 is 29.7 Å². The van der Waals surface area contributed by atoms with Gasteiger partial charge in [0.15, 0.2) is 0 Å². The van der Waals surface area contributed by atoms with E-state index in [9.17, 15) is 4.79 Å². The van der Waals surface area contributed by atoms with E-state index < -0.39 is 0 Å². The van der Waals surface area contributed by atoms with Crippen LogP contribution in [0.25, 0.3) is 0 Å². The predicted octanol–water partition coefficient (Wildman–Crippen LogP) is 2.73. The zero-order valence-electron chi connectivity index (χ0n) is 12.3. The van der Waals surface area contributed by atoms with Gasteiger partial charge in [0, 0.05) is 18.0 Å². The van der Waals surface area contributed by atoms with E-state index in [1.807, 2.05) is 0 Å². The highest BCUT2D eigenvalue weighted by Gasteiger charge is 2.32. The number of carbonyl (C=O) groups is 1. The van der Waals surface area contributed by atoms with Crippen molar-refractivity contribution in [3.05, 3.63) is 21.4 Å². The lowest BCUT2D eigenvalue weighted by molar-refractivity contribution is 0.0763. The van der Waals surface area contributed by atoms with Gasteiger partial charge in [-0.25, -0.2) is 0 Å². The zero-order valence-corrected chi connectivity index (χ0v) is 13.9. The minimum atomic E-state index is 0. The molecule has 1 aromatic heterocycles. The summed E-state index contributed by atoms with van der Waals surface area (Å²) in [5, 5.41) is 3.49. The fraction of sp³-hybridized carbons (Fsp3) is 0.688. The standard InChI is InChI=1S/C16H22N2OS.ClH/c19-16(15-8-11-2-1-3-14(11)20-15)18-6-4-12-9-17-10-13(12)5-7-18;/h8,12-13,17H,1-7,9-10H2;1H/t12-,13+;. The Hall–Kier alpha value is -0.580. The quantitative estimate of drug-likeness (QED) is 0.860. The number of halogens is 1. The molecule has 4 rings (SSSR count). The first-order chi connectivity index (χ1) is 9.81. The molecule has 1 aromatic rings. The molecule has 2 fully saturated rings. The van der Waals surface area contributed by atoms with Crippen LogP contribution in [0.5, 0.6) is 0 Å². The third kappa shape index (κ3) is 2.86. The number of likely N-dealkylation sites (tertiary alicyclic amines) is 1. The van der Waals surface area contributed by atoms with Crippen molar-refractivity contribution in [3.63, 3.8) is 0 Å². The number of hydrogen-bond donors (Lipinski definition) is 1. The number of hydrogen-bond acceptors (Lipinski definition) is 3. The summed E-state index contributed by atoms with van der Waals surface area (Å²) in [5.41, 5.74) is 1.44. The molecule has 116 valence electrons. The summed E-state index contributed by atoms with van der Waals surface area (Å²) in [6.45, 7) is 4.20. The molecule has 3 heterocycles. The summed E-state index contributed by atoms with van der Waals surface area (Å²) in [4.78, 5) is 17.3. The summed E-state index contributed by atoms with van der Waals surface area (Å²) in [7, 11) is 0. The fourth-order valence-electron chi connectivity index (χ4n) is 4.01. The van der Waals surface area contributed by atoms with Crippen molar-refractivity contribution in [2.45, 2.75) is 32.1 Å². The Morgan fingerprint density at radius 3 is 2.57 bits per heavy atom. The van der Waals surface area contributed by atoms with E-state index in [4.69, 9.17) is 0 Å². The maximum absolute atomic E-state index is 12.7. The molecule has 0 bridgehead atoms. The maximum Gasteiger partial charge on any atom is 0.263 e. The molecule has 2 saturated heterocycles. The maximum atomic E-state index is 12.7. The highest BCUT2D eigenvalue weighted by molar-refractivity contribution is 7.14. The Morgan fingerprint density at radius 1 is 1.19 bits per heavy atom. The molecule has 1 amide bonds. The summed E-state index contributed by atoms with van der Waals surface area (Å²) >= 11 is 1.75. The SMILES string of the molecule is Cl.O=C(c1cc2c(s1)CCC2)N1CC[C@@H]2CNC[C@@H]2CC1.